The van der Waals surface area contributed by atoms with Gasteiger partial charge in [0, 0.05) is 16.9 Å². The fourth-order valence-electron chi connectivity index (χ4n) is 2.53. The van der Waals surface area contributed by atoms with E-state index in [2.05, 4.69) is 10.0 Å². The molecule has 0 fully saturated rings. The van der Waals surface area contributed by atoms with Gasteiger partial charge < -0.3 is 5.32 Å². The summed E-state index contributed by atoms with van der Waals surface area (Å²) in [5.41, 5.74) is 3.67. The first-order valence-corrected chi connectivity index (χ1v) is 9.90. The second-order valence-electron chi connectivity index (χ2n) is 6.25. The van der Waals surface area contributed by atoms with Gasteiger partial charge in [-0.3, -0.25) is 9.52 Å². The Balaban J connectivity index is 1.73. The normalized spacial score (nSPS) is 11.0. The molecule has 0 unspecified atom stereocenters. The van der Waals surface area contributed by atoms with Gasteiger partial charge in [-0.15, -0.1) is 0 Å². The number of rotatable bonds is 5. The highest BCUT2D eigenvalue weighted by atomic mass is 32.2. The van der Waals surface area contributed by atoms with Gasteiger partial charge in [0.25, 0.3) is 15.9 Å². The van der Waals surface area contributed by atoms with E-state index < -0.39 is 10.0 Å². The molecule has 5 nitrogen and oxygen atoms in total. The van der Waals surface area contributed by atoms with E-state index in [0.29, 0.717) is 16.9 Å². The fourth-order valence-corrected chi connectivity index (χ4v) is 3.58. The zero-order chi connectivity index (χ0) is 19.4. The average Bonchev–Trinajstić information content (AvgIpc) is 2.66. The van der Waals surface area contributed by atoms with Crippen LogP contribution in [-0.4, -0.2) is 14.3 Å². The third-order valence-corrected chi connectivity index (χ3v) is 5.61. The molecule has 0 aliphatic carbocycles. The number of hydrogen-bond acceptors (Lipinski definition) is 3. The summed E-state index contributed by atoms with van der Waals surface area (Å²) in [6.07, 6.45) is 0. The quantitative estimate of drug-likeness (QED) is 0.691. The molecular weight excluding hydrogens is 360 g/mol. The number of benzene rings is 3. The second kappa shape index (κ2) is 7.63. The predicted octanol–water partition coefficient (Wildman–Crippen LogP) is 4.36. The van der Waals surface area contributed by atoms with E-state index in [1.807, 2.05) is 26.0 Å². The van der Waals surface area contributed by atoms with E-state index in [4.69, 9.17) is 0 Å². The fraction of sp³-hybridized carbons (Fsp3) is 0.0952. The molecule has 3 aromatic rings. The molecule has 138 valence electrons. The molecule has 27 heavy (non-hydrogen) atoms. The maximum absolute atomic E-state index is 12.6. The lowest BCUT2D eigenvalue weighted by atomic mass is 10.1. The molecule has 0 bridgehead atoms. The summed E-state index contributed by atoms with van der Waals surface area (Å²) in [7, 11) is -3.70. The van der Waals surface area contributed by atoms with Gasteiger partial charge in [-0.2, -0.15) is 0 Å². The molecular formula is C21H20N2O3S. The first-order valence-electron chi connectivity index (χ1n) is 8.42. The van der Waals surface area contributed by atoms with Crippen LogP contribution >= 0.6 is 0 Å². The Morgan fingerprint density at radius 3 is 2.04 bits per heavy atom. The number of aryl methyl sites for hydroxylation is 2. The van der Waals surface area contributed by atoms with Crippen molar-refractivity contribution in [2.24, 2.45) is 0 Å². The van der Waals surface area contributed by atoms with Crippen molar-refractivity contribution in [3.8, 4) is 0 Å². The van der Waals surface area contributed by atoms with Crippen molar-refractivity contribution in [3.63, 3.8) is 0 Å². The minimum absolute atomic E-state index is 0.124. The highest BCUT2D eigenvalue weighted by molar-refractivity contribution is 7.92. The monoisotopic (exact) mass is 380 g/mol. The van der Waals surface area contributed by atoms with Gasteiger partial charge in [-0.25, -0.2) is 8.42 Å². The zero-order valence-corrected chi connectivity index (χ0v) is 15.9. The van der Waals surface area contributed by atoms with Gasteiger partial charge >= 0.3 is 0 Å². The Labute approximate surface area is 159 Å². The van der Waals surface area contributed by atoms with Crippen LogP contribution in [0.1, 0.15) is 21.5 Å². The summed E-state index contributed by atoms with van der Waals surface area (Å²) < 4.78 is 27.7. The van der Waals surface area contributed by atoms with Crippen molar-refractivity contribution >= 4 is 27.3 Å². The van der Waals surface area contributed by atoms with Crippen LogP contribution in [0.4, 0.5) is 11.4 Å². The van der Waals surface area contributed by atoms with E-state index in [9.17, 15) is 13.2 Å². The highest BCUT2D eigenvalue weighted by Crippen LogP contribution is 2.20. The molecule has 0 radical (unpaired) electrons. The lowest BCUT2D eigenvalue weighted by Crippen LogP contribution is -2.14. The summed E-state index contributed by atoms with van der Waals surface area (Å²) in [6.45, 7) is 3.90. The second-order valence-corrected chi connectivity index (χ2v) is 7.93. The van der Waals surface area contributed by atoms with Gasteiger partial charge in [-0.1, -0.05) is 24.3 Å². The molecule has 2 N–H and O–H groups in total. The largest absolute Gasteiger partial charge is 0.322 e. The van der Waals surface area contributed by atoms with Gasteiger partial charge in [0.15, 0.2) is 0 Å². The van der Waals surface area contributed by atoms with Crippen molar-refractivity contribution in [2.75, 3.05) is 10.0 Å². The topological polar surface area (TPSA) is 75.3 Å². The van der Waals surface area contributed by atoms with Crippen LogP contribution in [0.2, 0.25) is 0 Å². The molecule has 3 rings (SSSR count). The third kappa shape index (κ3) is 4.54. The minimum Gasteiger partial charge on any atom is -0.322 e. The van der Waals surface area contributed by atoms with Crippen LogP contribution in [0.25, 0.3) is 0 Å². The maximum Gasteiger partial charge on any atom is 0.261 e. The Bertz CT molecular complexity index is 1060. The summed E-state index contributed by atoms with van der Waals surface area (Å²) in [4.78, 5) is 12.3. The van der Waals surface area contributed by atoms with Crippen LogP contribution in [0.5, 0.6) is 0 Å². The van der Waals surface area contributed by atoms with Crippen LogP contribution < -0.4 is 10.0 Å². The number of hydrogen-bond donors (Lipinski definition) is 2. The molecule has 0 heterocycles. The Kier molecular flexibility index (Phi) is 5.28. The number of nitrogens with one attached hydrogen (secondary N) is 2. The SMILES string of the molecule is Cc1ccc(NS(=O)(=O)c2ccc(NC(=O)c3ccccc3)cc2)cc1C. The van der Waals surface area contributed by atoms with Crippen LogP contribution in [-0.2, 0) is 10.0 Å². The van der Waals surface area contributed by atoms with Crippen LogP contribution in [0, 0.1) is 13.8 Å². The van der Waals surface area contributed by atoms with Crippen molar-refractivity contribution in [2.45, 2.75) is 18.7 Å². The van der Waals surface area contributed by atoms with Gasteiger partial charge in [0.1, 0.15) is 0 Å². The molecule has 0 saturated heterocycles. The lowest BCUT2D eigenvalue weighted by Gasteiger charge is -2.11. The smallest absolute Gasteiger partial charge is 0.261 e. The molecule has 0 aliphatic heterocycles. The molecule has 6 heteroatoms. The summed E-state index contributed by atoms with van der Waals surface area (Å²) in [5, 5.41) is 2.75. The number of carbonyl (C=O) groups is 1. The zero-order valence-electron chi connectivity index (χ0n) is 15.1. The molecule has 0 saturated carbocycles. The van der Waals surface area contributed by atoms with E-state index in [0.717, 1.165) is 11.1 Å². The first kappa shape index (κ1) is 18.7. The van der Waals surface area contributed by atoms with Crippen molar-refractivity contribution < 1.29 is 13.2 Å². The molecule has 3 aromatic carbocycles. The van der Waals surface area contributed by atoms with Crippen LogP contribution in [0.3, 0.4) is 0 Å². The van der Waals surface area contributed by atoms with Gasteiger partial charge in [-0.05, 0) is 73.5 Å². The lowest BCUT2D eigenvalue weighted by molar-refractivity contribution is 0.102. The van der Waals surface area contributed by atoms with Gasteiger partial charge in [0.05, 0.1) is 4.90 Å². The summed E-state index contributed by atoms with van der Waals surface area (Å²) in [6, 6.07) is 20.3. The average molecular weight is 380 g/mol. The number of sulfonamides is 1. The van der Waals surface area contributed by atoms with Crippen molar-refractivity contribution in [3.05, 3.63) is 89.5 Å². The highest BCUT2D eigenvalue weighted by Gasteiger charge is 2.15. The number of anilines is 2. The Morgan fingerprint density at radius 1 is 0.778 bits per heavy atom. The summed E-state index contributed by atoms with van der Waals surface area (Å²) in [5.74, 6) is -0.250. The van der Waals surface area contributed by atoms with E-state index in [1.165, 1.54) is 12.1 Å². The predicted molar refractivity (Wildman–Crippen MR) is 108 cm³/mol. The first-order chi connectivity index (χ1) is 12.8. The van der Waals surface area contributed by atoms with E-state index in [-0.39, 0.29) is 10.8 Å². The molecule has 1 amide bonds. The van der Waals surface area contributed by atoms with Crippen LogP contribution in [0.15, 0.2) is 77.7 Å². The number of amides is 1. The molecule has 0 atom stereocenters. The molecule has 0 aromatic heterocycles. The van der Waals surface area contributed by atoms with Crippen molar-refractivity contribution in [1.82, 2.24) is 0 Å². The molecule has 0 aliphatic rings. The summed E-state index contributed by atoms with van der Waals surface area (Å²) >= 11 is 0. The number of carbonyl (C=O) groups excluding carboxylic acids is 1. The molecule has 0 spiro atoms. The Hall–Kier alpha value is -3.12. The van der Waals surface area contributed by atoms with E-state index >= 15 is 0 Å². The van der Waals surface area contributed by atoms with E-state index in [1.54, 1.807) is 48.5 Å². The van der Waals surface area contributed by atoms with Crippen molar-refractivity contribution in [1.29, 1.82) is 0 Å². The third-order valence-electron chi connectivity index (χ3n) is 4.22. The Morgan fingerprint density at radius 2 is 1.41 bits per heavy atom. The maximum atomic E-state index is 12.6. The van der Waals surface area contributed by atoms with Gasteiger partial charge in [0.2, 0.25) is 0 Å². The standard InChI is InChI=1S/C21H20N2O3S/c1-15-8-9-19(14-16(15)2)23-27(25,26)20-12-10-18(11-13-20)22-21(24)17-6-4-3-5-7-17/h3-14,23H,1-2H3,(H,22,24). The minimum atomic E-state index is -3.70.